The van der Waals surface area contributed by atoms with Gasteiger partial charge >= 0.3 is 0 Å². The number of ether oxygens (including phenoxy) is 1. The van der Waals surface area contributed by atoms with Gasteiger partial charge in [-0.1, -0.05) is 0 Å². The SMILES string of the molecule is CCNc1ccncc1S(=O)(=O)N(C)CC1CCOCC1. The van der Waals surface area contributed by atoms with Crippen molar-refractivity contribution in [1.82, 2.24) is 9.29 Å². The fraction of sp³-hybridized carbons (Fsp3) is 0.643. The summed E-state index contributed by atoms with van der Waals surface area (Å²) in [4.78, 5) is 4.19. The number of hydrogen-bond donors (Lipinski definition) is 1. The van der Waals surface area contributed by atoms with Crippen LogP contribution in [0.5, 0.6) is 0 Å². The van der Waals surface area contributed by atoms with Gasteiger partial charge in [-0.15, -0.1) is 0 Å². The normalized spacial score (nSPS) is 17.1. The molecule has 0 amide bonds. The molecule has 1 aromatic rings. The predicted molar refractivity (Wildman–Crippen MR) is 81.8 cm³/mol. The molecule has 0 aromatic carbocycles. The van der Waals surface area contributed by atoms with E-state index < -0.39 is 10.0 Å². The molecule has 0 atom stereocenters. The average molecular weight is 313 g/mol. The molecule has 0 aliphatic carbocycles. The fourth-order valence-corrected chi connectivity index (χ4v) is 3.84. The van der Waals surface area contributed by atoms with Crippen LogP contribution in [-0.2, 0) is 14.8 Å². The number of anilines is 1. The van der Waals surface area contributed by atoms with Crippen LogP contribution in [0.25, 0.3) is 0 Å². The Morgan fingerprint density at radius 3 is 2.81 bits per heavy atom. The van der Waals surface area contributed by atoms with Crippen LogP contribution in [0.2, 0.25) is 0 Å². The summed E-state index contributed by atoms with van der Waals surface area (Å²) in [6, 6.07) is 1.69. The van der Waals surface area contributed by atoms with Gasteiger partial charge in [0.05, 0.1) is 5.69 Å². The van der Waals surface area contributed by atoms with Gasteiger partial charge in [0.2, 0.25) is 10.0 Å². The second kappa shape index (κ2) is 7.20. The second-order valence-electron chi connectivity index (χ2n) is 5.24. The Morgan fingerprint density at radius 2 is 2.14 bits per heavy atom. The molecule has 0 bridgehead atoms. The van der Waals surface area contributed by atoms with Gasteiger partial charge in [0.1, 0.15) is 4.90 Å². The van der Waals surface area contributed by atoms with Crippen molar-refractivity contribution in [2.75, 3.05) is 38.7 Å². The number of hydrogen-bond acceptors (Lipinski definition) is 5. The quantitative estimate of drug-likeness (QED) is 0.863. The number of rotatable bonds is 6. The lowest BCUT2D eigenvalue weighted by atomic mass is 10.0. The molecule has 1 aromatic heterocycles. The maximum absolute atomic E-state index is 12.7. The fourth-order valence-electron chi connectivity index (χ4n) is 2.48. The van der Waals surface area contributed by atoms with E-state index in [1.165, 1.54) is 10.5 Å². The molecular formula is C14H23N3O3S. The summed E-state index contributed by atoms with van der Waals surface area (Å²) < 4.78 is 32.2. The van der Waals surface area contributed by atoms with Crippen LogP contribution < -0.4 is 5.32 Å². The molecule has 1 aliphatic rings. The lowest BCUT2D eigenvalue weighted by molar-refractivity contribution is 0.0620. The smallest absolute Gasteiger partial charge is 0.246 e. The minimum atomic E-state index is -3.52. The van der Waals surface area contributed by atoms with Crippen molar-refractivity contribution in [3.05, 3.63) is 18.5 Å². The summed E-state index contributed by atoms with van der Waals surface area (Å²) in [6.07, 6.45) is 4.82. The van der Waals surface area contributed by atoms with Crippen LogP contribution in [0.3, 0.4) is 0 Å². The van der Waals surface area contributed by atoms with Crippen LogP contribution in [0, 0.1) is 5.92 Å². The Kier molecular flexibility index (Phi) is 5.55. The van der Waals surface area contributed by atoms with Gasteiger partial charge in [0, 0.05) is 45.7 Å². The third-order valence-electron chi connectivity index (χ3n) is 3.70. The summed E-state index contributed by atoms with van der Waals surface area (Å²) in [5, 5.41) is 3.07. The zero-order chi connectivity index (χ0) is 15.3. The first-order valence-corrected chi connectivity index (χ1v) is 8.71. The monoisotopic (exact) mass is 313 g/mol. The summed E-state index contributed by atoms with van der Waals surface area (Å²) in [7, 11) is -1.89. The summed E-state index contributed by atoms with van der Waals surface area (Å²) in [5.74, 6) is 0.359. The van der Waals surface area contributed by atoms with Crippen LogP contribution in [0.4, 0.5) is 5.69 Å². The van der Waals surface area contributed by atoms with E-state index in [1.807, 2.05) is 6.92 Å². The number of nitrogens with zero attached hydrogens (tertiary/aromatic N) is 2. The average Bonchev–Trinajstić information content (AvgIpc) is 2.49. The van der Waals surface area contributed by atoms with Gasteiger partial charge in [0.15, 0.2) is 0 Å². The number of pyridine rings is 1. The molecule has 0 spiro atoms. The molecule has 0 saturated carbocycles. The van der Waals surface area contributed by atoms with Crippen LogP contribution in [0.1, 0.15) is 19.8 Å². The molecule has 1 N–H and O–H groups in total. The van der Waals surface area contributed by atoms with Crippen molar-refractivity contribution in [2.24, 2.45) is 5.92 Å². The van der Waals surface area contributed by atoms with Gasteiger partial charge in [-0.25, -0.2) is 12.7 Å². The largest absolute Gasteiger partial charge is 0.384 e. The summed E-state index contributed by atoms with van der Waals surface area (Å²) in [5.41, 5.74) is 0.603. The minimum Gasteiger partial charge on any atom is -0.384 e. The van der Waals surface area contributed by atoms with Crippen molar-refractivity contribution in [3.8, 4) is 0 Å². The highest BCUT2D eigenvalue weighted by molar-refractivity contribution is 7.89. The van der Waals surface area contributed by atoms with E-state index >= 15 is 0 Å². The van der Waals surface area contributed by atoms with E-state index in [-0.39, 0.29) is 4.90 Å². The van der Waals surface area contributed by atoms with E-state index in [0.29, 0.717) is 37.9 Å². The molecule has 21 heavy (non-hydrogen) atoms. The van der Waals surface area contributed by atoms with E-state index in [4.69, 9.17) is 4.74 Å². The molecule has 2 rings (SSSR count). The molecule has 118 valence electrons. The maximum atomic E-state index is 12.7. The zero-order valence-electron chi connectivity index (χ0n) is 12.6. The molecule has 7 heteroatoms. The van der Waals surface area contributed by atoms with Gasteiger partial charge in [-0.2, -0.15) is 0 Å². The highest BCUT2D eigenvalue weighted by atomic mass is 32.2. The lowest BCUT2D eigenvalue weighted by Gasteiger charge is -2.27. The van der Waals surface area contributed by atoms with E-state index in [9.17, 15) is 8.42 Å². The Hall–Kier alpha value is -1.18. The summed E-state index contributed by atoms with van der Waals surface area (Å²) >= 11 is 0. The highest BCUT2D eigenvalue weighted by Gasteiger charge is 2.27. The van der Waals surface area contributed by atoms with Crippen LogP contribution in [0.15, 0.2) is 23.4 Å². The predicted octanol–water partition coefficient (Wildman–Crippen LogP) is 1.56. The first-order valence-electron chi connectivity index (χ1n) is 7.27. The molecule has 1 saturated heterocycles. The third kappa shape index (κ3) is 3.93. The van der Waals surface area contributed by atoms with Gasteiger partial charge in [-0.3, -0.25) is 4.98 Å². The molecule has 0 unspecified atom stereocenters. The van der Waals surface area contributed by atoms with E-state index in [1.54, 1.807) is 19.3 Å². The zero-order valence-corrected chi connectivity index (χ0v) is 13.4. The topological polar surface area (TPSA) is 71.5 Å². The van der Waals surface area contributed by atoms with Gasteiger partial charge in [0.25, 0.3) is 0 Å². The molecule has 0 radical (unpaired) electrons. The van der Waals surface area contributed by atoms with Crippen molar-refractivity contribution < 1.29 is 13.2 Å². The number of sulfonamides is 1. The first kappa shape index (κ1) is 16.2. The van der Waals surface area contributed by atoms with Gasteiger partial charge in [-0.05, 0) is 31.7 Å². The Balaban J connectivity index is 2.16. The van der Waals surface area contributed by atoms with Crippen LogP contribution in [-0.4, -0.2) is 51.1 Å². The van der Waals surface area contributed by atoms with Gasteiger partial charge < -0.3 is 10.1 Å². The van der Waals surface area contributed by atoms with E-state index in [0.717, 1.165) is 12.8 Å². The van der Waals surface area contributed by atoms with Crippen molar-refractivity contribution in [1.29, 1.82) is 0 Å². The van der Waals surface area contributed by atoms with Crippen LogP contribution >= 0.6 is 0 Å². The van der Waals surface area contributed by atoms with Crippen molar-refractivity contribution >= 4 is 15.7 Å². The molecule has 1 aliphatic heterocycles. The third-order valence-corrected chi connectivity index (χ3v) is 5.55. The standard InChI is InChI=1S/C14H23N3O3S/c1-3-16-13-4-7-15-10-14(13)21(18,19)17(2)11-12-5-8-20-9-6-12/h4,7,10,12H,3,5-6,8-9,11H2,1-2H3,(H,15,16). The molecule has 6 nitrogen and oxygen atoms in total. The van der Waals surface area contributed by atoms with Crippen molar-refractivity contribution in [3.63, 3.8) is 0 Å². The highest BCUT2D eigenvalue weighted by Crippen LogP contribution is 2.25. The lowest BCUT2D eigenvalue weighted by Crippen LogP contribution is -2.34. The number of nitrogens with one attached hydrogen (secondary N) is 1. The Bertz CT molecular complexity index is 556. The minimum absolute atomic E-state index is 0.237. The molecule has 2 heterocycles. The maximum Gasteiger partial charge on any atom is 0.246 e. The Morgan fingerprint density at radius 1 is 1.43 bits per heavy atom. The van der Waals surface area contributed by atoms with E-state index in [2.05, 4.69) is 10.3 Å². The second-order valence-corrected chi connectivity index (χ2v) is 7.26. The number of aromatic nitrogens is 1. The molecular weight excluding hydrogens is 290 g/mol. The molecule has 1 fully saturated rings. The van der Waals surface area contributed by atoms with Crippen molar-refractivity contribution in [2.45, 2.75) is 24.7 Å². The first-order chi connectivity index (χ1) is 10.1. The summed E-state index contributed by atoms with van der Waals surface area (Å²) in [6.45, 7) is 4.55. The Labute approximate surface area is 126 Å².